The third-order valence-corrected chi connectivity index (χ3v) is 1.43. The van der Waals surface area contributed by atoms with Crippen LogP contribution in [0.4, 0.5) is 0 Å². The van der Waals surface area contributed by atoms with Crippen LogP contribution in [0.1, 0.15) is 6.42 Å². The average molecular weight is 152 g/mol. The highest BCUT2D eigenvalue weighted by Crippen LogP contribution is 2.11. The van der Waals surface area contributed by atoms with E-state index >= 15 is 0 Å². The van der Waals surface area contributed by atoms with E-state index in [1.165, 1.54) is 0 Å². The predicted octanol–water partition coefficient (Wildman–Crippen LogP) is 1.05. The van der Waals surface area contributed by atoms with Crippen LogP contribution in [-0.2, 0) is 9.53 Å². The topological polar surface area (TPSA) is 29.5 Å². The van der Waals surface area contributed by atoms with Crippen LogP contribution in [0.15, 0.2) is 24.0 Å². The van der Waals surface area contributed by atoms with Crippen molar-refractivity contribution < 1.29 is 9.53 Å². The minimum atomic E-state index is -0.360. The lowest BCUT2D eigenvalue weighted by Crippen LogP contribution is -2.12. The van der Waals surface area contributed by atoms with Crippen LogP contribution in [0.25, 0.3) is 0 Å². The van der Waals surface area contributed by atoms with Crippen molar-refractivity contribution in [3.63, 3.8) is 0 Å². The van der Waals surface area contributed by atoms with Crippen molar-refractivity contribution in [3.05, 3.63) is 31.2 Å². The molecular formula is C8H10NO2. The van der Waals surface area contributed by atoms with Gasteiger partial charge in [-0.1, -0.05) is 6.08 Å². The van der Waals surface area contributed by atoms with Gasteiger partial charge in [-0.05, 0) is 6.20 Å². The van der Waals surface area contributed by atoms with E-state index in [0.29, 0.717) is 12.0 Å². The van der Waals surface area contributed by atoms with E-state index in [4.69, 9.17) is 0 Å². The van der Waals surface area contributed by atoms with Gasteiger partial charge < -0.3 is 9.64 Å². The van der Waals surface area contributed by atoms with Gasteiger partial charge in [0.15, 0.2) is 0 Å². The number of carbonyl (C=O) groups excluding carboxylic acids is 1. The van der Waals surface area contributed by atoms with Crippen LogP contribution in [0.5, 0.6) is 0 Å². The number of hydrogen-bond acceptors (Lipinski definition) is 3. The van der Waals surface area contributed by atoms with E-state index in [1.807, 2.05) is 19.3 Å². The molecule has 59 valence electrons. The van der Waals surface area contributed by atoms with E-state index in [0.717, 1.165) is 0 Å². The first kappa shape index (κ1) is 7.85. The Morgan fingerprint density at radius 2 is 2.55 bits per heavy atom. The number of hydrogen-bond donors (Lipinski definition) is 0. The highest BCUT2D eigenvalue weighted by atomic mass is 16.5. The van der Waals surface area contributed by atoms with Crippen molar-refractivity contribution in [3.8, 4) is 0 Å². The summed E-state index contributed by atoms with van der Waals surface area (Å²) >= 11 is 0. The minimum Gasteiger partial charge on any atom is -0.459 e. The Bertz CT molecular complexity index is 218. The number of carbonyl (C=O) groups is 1. The number of allylic oxidation sites excluding steroid dienone is 1. The third kappa shape index (κ3) is 1.83. The van der Waals surface area contributed by atoms with Gasteiger partial charge in [0.25, 0.3) is 0 Å². The molecule has 1 aliphatic heterocycles. The molecule has 0 aromatic heterocycles. The average Bonchev–Trinajstić information content (AvgIpc) is 2.03. The second-order valence-corrected chi connectivity index (χ2v) is 2.34. The van der Waals surface area contributed by atoms with Crippen molar-refractivity contribution >= 4 is 5.97 Å². The maximum atomic E-state index is 10.9. The van der Waals surface area contributed by atoms with Crippen LogP contribution in [0.2, 0.25) is 0 Å². The first-order valence-electron chi connectivity index (χ1n) is 3.29. The summed E-state index contributed by atoms with van der Waals surface area (Å²) in [5, 5.41) is 0. The fraction of sp³-hybridized carbons (Fsp3) is 0.250. The van der Waals surface area contributed by atoms with E-state index in [9.17, 15) is 4.79 Å². The van der Waals surface area contributed by atoms with E-state index < -0.39 is 0 Å². The van der Waals surface area contributed by atoms with E-state index in [2.05, 4.69) is 11.8 Å². The van der Waals surface area contributed by atoms with E-state index in [1.54, 1.807) is 11.1 Å². The number of ether oxygens (including phenoxy) is 1. The summed E-state index contributed by atoms with van der Waals surface area (Å²) in [4.78, 5) is 12.7. The molecule has 0 fully saturated rings. The van der Waals surface area contributed by atoms with Gasteiger partial charge in [-0.3, -0.25) is 0 Å². The molecule has 11 heavy (non-hydrogen) atoms. The Morgan fingerprint density at radius 1 is 1.82 bits per heavy atom. The highest BCUT2D eigenvalue weighted by molar-refractivity contribution is 5.88. The Balaban J connectivity index is 2.66. The molecule has 1 rings (SSSR count). The molecule has 0 atom stereocenters. The molecule has 1 radical (unpaired) electrons. The Labute approximate surface area is 65.9 Å². The van der Waals surface area contributed by atoms with Crippen molar-refractivity contribution in [2.75, 3.05) is 7.05 Å². The van der Waals surface area contributed by atoms with Crippen molar-refractivity contribution in [2.45, 2.75) is 6.42 Å². The van der Waals surface area contributed by atoms with Crippen molar-refractivity contribution in [1.82, 2.24) is 4.90 Å². The zero-order valence-corrected chi connectivity index (χ0v) is 6.41. The van der Waals surface area contributed by atoms with Gasteiger partial charge in [0, 0.05) is 19.7 Å². The number of nitrogens with zero attached hydrogens (tertiary/aromatic N) is 1. The number of rotatable bonds is 1. The fourth-order valence-electron chi connectivity index (χ4n) is 0.916. The van der Waals surface area contributed by atoms with Gasteiger partial charge in [-0.15, -0.1) is 0 Å². The molecular weight excluding hydrogens is 142 g/mol. The molecule has 3 heteroatoms. The zero-order chi connectivity index (χ0) is 8.27. The summed E-state index contributed by atoms with van der Waals surface area (Å²) < 4.78 is 4.32. The standard InChI is InChI=1S/C8H10NO2/c1-9-5-3-4-7(6-9)8(10)11-2/h3,5-6H,2,4H2,1H3. The SMILES string of the molecule is [CH2]OC(=O)C1=CN(C)C=CC1. The van der Waals surface area contributed by atoms with Gasteiger partial charge in [0.2, 0.25) is 0 Å². The molecule has 0 N–H and O–H groups in total. The maximum absolute atomic E-state index is 10.9. The van der Waals surface area contributed by atoms with Crippen molar-refractivity contribution in [2.24, 2.45) is 0 Å². The lowest BCUT2D eigenvalue weighted by molar-refractivity contribution is -0.134. The molecule has 0 saturated heterocycles. The summed E-state index contributed by atoms with van der Waals surface area (Å²) in [7, 11) is 4.91. The lowest BCUT2D eigenvalue weighted by Gasteiger charge is -2.14. The Hall–Kier alpha value is -1.25. The molecule has 0 saturated carbocycles. The van der Waals surface area contributed by atoms with Gasteiger partial charge in [-0.25, -0.2) is 4.79 Å². The fourth-order valence-corrected chi connectivity index (χ4v) is 0.916. The predicted molar refractivity (Wildman–Crippen MR) is 41.1 cm³/mol. The van der Waals surface area contributed by atoms with Crippen molar-refractivity contribution in [1.29, 1.82) is 0 Å². The van der Waals surface area contributed by atoms with E-state index in [-0.39, 0.29) is 5.97 Å². The smallest absolute Gasteiger partial charge is 0.335 e. The quantitative estimate of drug-likeness (QED) is 0.526. The van der Waals surface area contributed by atoms with Gasteiger partial charge in [0.1, 0.15) is 7.11 Å². The summed E-state index contributed by atoms with van der Waals surface area (Å²) in [6, 6.07) is 0. The summed E-state index contributed by atoms with van der Waals surface area (Å²) in [5.41, 5.74) is 0.630. The molecule has 0 amide bonds. The molecule has 0 unspecified atom stereocenters. The Morgan fingerprint density at radius 3 is 3.09 bits per heavy atom. The second-order valence-electron chi connectivity index (χ2n) is 2.34. The van der Waals surface area contributed by atoms with Crippen LogP contribution >= 0.6 is 0 Å². The molecule has 0 aromatic rings. The normalized spacial score (nSPS) is 16.2. The minimum absolute atomic E-state index is 0.360. The summed E-state index contributed by atoms with van der Waals surface area (Å²) in [6.07, 6.45) is 6.14. The molecule has 0 aliphatic carbocycles. The third-order valence-electron chi connectivity index (χ3n) is 1.43. The van der Waals surface area contributed by atoms with Crippen LogP contribution in [-0.4, -0.2) is 17.9 Å². The first-order chi connectivity index (χ1) is 5.24. The number of esters is 1. The molecule has 0 aromatic carbocycles. The van der Waals surface area contributed by atoms with Crippen LogP contribution < -0.4 is 0 Å². The highest BCUT2D eigenvalue weighted by Gasteiger charge is 2.10. The largest absolute Gasteiger partial charge is 0.459 e. The molecule has 1 heterocycles. The summed E-state index contributed by atoms with van der Waals surface area (Å²) in [6.45, 7) is 0. The van der Waals surface area contributed by atoms with Crippen LogP contribution in [0.3, 0.4) is 0 Å². The monoisotopic (exact) mass is 152 g/mol. The molecule has 0 bridgehead atoms. The maximum Gasteiger partial charge on any atom is 0.335 e. The second kappa shape index (κ2) is 3.23. The summed E-state index contributed by atoms with van der Waals surface area (Å²) in [5.74, 6) is -0.360. The van der Waals surface area contributed by atoms with Gasteiger partial charge in [0.05, 0.1) is 5.57 Å². The first-order valence-corrected chi connectivity index (χ1v) is 3.29. The van der Waals surface area contributed by atoms with Crippen LogP contribution in [0, 0.1) is 7.11 Å². The zero-order valence-electron chi connectivity index (χ0n) is 6.41. The lowest BCUT2D eigenvalue weighted by atomic mass is 10.1. The van der Waals surface area contributed by atoms with Gasteiger partial charge in [-0.2, -0.15) is 0 Å². The van der Waals surface area contributed by atoms with Gasteiger partial charge >= 0.3 is 5.97 Å². The molecule has 3 nitrogen and oxygen atoms in total. The molecule has 1 aliphatic rings. The Kier molecular flexibility index (Phi) is 2.31. The molecule has 0 spiro atoms.